The molecule has 3 aromatic rings. The molecule has 0 aromatic heterocycles. The zero-order valence-corrected chi connectivity index (χ0v) is 23.5. The van der Waals surface area contributed by atoms with Crippen molar-refractivity contribution in [2.24, 2.45) is 0 Å². The van der Waals surface area contributed by atoms with E-state index >= 15 is 0 Å². The van der Waals surface area contributed by atoms with Gasteiger partial charge in [-0.25, -0.2) is 0 Å². The molecule has 1 atom stereocenters. The van der Waals surface area contributed by atoms with Crippen LogP contribution in [-0.4, -0.2) is 66.1 Å². The number of halogens is 2. The van der Waals surface area contributed by atoms with Crippen LogP contribution in [0.3, 0.4) is 0 Å². The fraction of sp³-hybridized carbons (Fsp3) is 0.300. The first-order valence-electron chi connectivity index (χ1n) is 13.0. The number of carbonyl (C=O) groups excluding carboxylic acids is 3. The molecular weight excluding hydrogens is 553 g/mol. The lowest BCUT2D eigenvalue weighted by atomic mass is 9.96. The van der Waals surface area contributed by atoms with E-state index in [-0.39, 0.29) is 24.3 Å². The molecular formula is C30H29Cl2N3O5. The molecule has 1 N–H and O–H groups in total. The number of rotatable bonds is 6. The number of methoxy groups -OCH3 is 1. The Kier molecular flexibility index (Phi) is 8.30. The molecule has 0 bridgehead atoms. The van der Waals surface area contributed by atoms with Crippen LogP contribution < -0.4 is 10.1 Å². The number of hydrogen-bond donors (Lipinski definition) is 1. The third kappa shape index (κ3) is 5.66. The molecule has 2 aliphatic heterocycles. The predicted octanol–water partition coefficient (Wildman–Crippen LogP) is 4.79. The molecule has 0 saturated carbocycles. The molecule has 0 unspecified atom stereocenters. The van der Waals surface area contributed by atoms with Gasteiger partial charge in [-0.05, 0) is 42.0 Å². The first kappa shape index (κ1) is 28.0. The molecule has 5 rings (SSSR count). The van der Waals surface area contributed by atoms with Crippen molar-refractivity contribution < 1.29 is 23.9 Å². The first-order valence-corrected chi connectivity index (χ1v) is 13.7. The van der Waals surface area contributed by atoms with E-state index in [0.29, 0.717) is 59.4 Å². The highest BCUT2D eigenvalue weighted by molar-refractivity contribution is 6.42. The van der Waals surface area contributed by atoms with Crippen molar-refractivity contribution in [2.45, 2.75) is 31.2 Å². The van der Waals surface area contributed by atoms with E-state index in [1.165, 1.54) is 7.11 Å². The van der Waals surface area contributed by atoms with Crippen LogP contribution in [0.2, 0.25) is 10.0 Å². The lowest BCUT2D eigenvalue weighted by Gasteiger charge is -2.44. The molecule has 2 heterocycles. The van der Waals surface area contributed by atoms with Gasteiger partial charge in [0, 0.05) is 43.6 Å². The maximum Gasteiger partial charge on any atom is 0.257 e. The monoisotopic (exact) mass is 581 g/mol. The van der Waals surface area contributed by atoms with E-state index in [4.69, 9.17) is 32.7 Å². The number of amides is 3. The van der Waals surface area contributed by atoms with E-state index < -0.39 is 11.8 Å². The first-order chi connectivity index (χ1) is 19.3. The van der Waals surface area contributed by atoms with Gasteiger partial charge in [-0.3, -0.25) is 19.3 Å². The molecule has 1 spiro atoms. The highest BCUT2D eigenvalue weighted by Crippen LogP contribution is 2.39. The van der Waals surface area contributed by atoms with Gasteiger partial charge in [0.1, 0.15) is 17.5 Å². The van der Waals surface area contributed by atoms with Crippen LogP contribution in [0.25, 0.3) is 0 Å². The van der Waals surface area contributed by atoms with Gasteiger partial charge in [0.05, 0.1) is 23.8 Å². The number of ether oxygens (including phenoxy) is 2. The fourth-order valence-corrected chi connectivity index (χ4v) is 5.53. The smallest absolute Gasteiger partial charge is 0.257 e. The van der Waals surface area contributed by atoms with Gasteiger partial charge >= 0.3 is 0 Å². The quantitative estimate of drug-likeness (QED) is 0.452. The van der Waals surface area contributed by atoms with Gasteiger partial charge < -0.3 is 19.7 Å². The number of carbonyl (C=O) groups is 3. The molecule has 208 valence electrons. The summed E-state index contributed by atoms with van der Waals surface area (Å²) in [6.45, 7) is 1.05. The van der Waals surface area contributed by atoms with Gasteiger partial charge in [0.2, 0.25) is 5.91 Å². The third-order valence-electron chi connectivity index (χ3n) is 7.41. The van der Waals surface area contributed by atoms with Crippen molar-refractivity contribution >= 4 is 40.9 Å². The Hall–Kier alpha value is -3.59. The van der Waals surface area contributed by atoms with E-state index in [1.807, 2.05) is 30.3 Å². The van der Waals surface area contributed by atoms with E-state index in [9.17, 15) is 14.4 Å². The number of likely N-dealkylation sites (tertiary alicyclic amines) is 1. The molecule has 2 aliphatic rings. The summed E-state index contributed by atoms with van der Waals surface area (Å²) in [4.78, 5) is 43.9. The van der Waals surface area contributed by atoms with Crippen LogP contribution in [0, 0.1) is 0 Å². The van der Waals surface area contributed by atoms with Gasteiger partial charge in [-0.2, -0.15) is 0 Å². The molecule has 3 amide bonds. The zero-order chi connectivity index (χ0) is 28.3. The normalized spacial score (nSPS) is 18.0. The highest BCUT2D eigenvalue weighted by Gasteiger charge is 2.54. The number of piperidine rings is 1. The SMILES string of the molecule is COc1cccc(C(=O)N2[C@@H](C(=O)NCc3ccccc3)COC23CCN(C(=O)c2ccc(Cl)c(Cl)c2)CC3)c1. The number of benzene rings is 3. The Bertz CT molecular complexity index is 1410. The number of nitrogens with zero attached hydrogens (tertiary/aromatic N) is 2. The second-order valence-electron chi connectivity index (χ2n) is 9.80. The van der Waals surface area contributed by atoms with Crippen molar-refractivity contribution in [3.63, 3.8) is 0 Å². The largest absolute Gasteiger partial charge is 0.497 e. The summed E-state index contributed by atoms with van der Waals surface area (Å²) in [6, 6.07) is 20.3. The Morgan fingerprint density at radius 3 is 2.35 bits per heavy atom. The van der Waals surface area contributed by atoms with Crippen molar-refractivity contribution in [3.8, 4) is 5.75 Å². The van der Waals surface area contributed by atoms with Crippen molar-refractivity contribution in [3.05, 3.63) is 99.5 Å². The fourth-order valence-electron chi connectivity index (χ4n) is 5.24. The average Bonchev–Trinajstić information content (AvgIpc) is 3.35. The van der Waals surface area contributed by atoms with Crippen LogP contribution in [0.4, 0.5) is 0 Å². The maximum atomic E-state index is 14.0. The number of hydrogen-bond acceptors (Lipinski definition) is 5. The Morgan fingerprint density at radius 2 is 1.65 bits per heavy atom. The van der Waals surface area contributed by atoms with Crippen molar-refractivity contribution in [1.82, 2.24) is 15.1 Å². The molecule has 0 radical (unpaired) electrons. The molecule has 2 saturated heterocycles. The second kappa shape index (κ2) is 11.9. The Morgan fingerprint density at radius 1 is 0.925 bits per heavy atom. The van der Waals surface area contributed by atoms with Gasteiger partial charge in [-0.15, -0.1) is 0 Å². The minimum absolute atomic E-state index is 0.0526. The zero-order valence-electron chi connectivity index (χ0n) is 21.9. The lowest BCUT2D eigenvalue weighted by Crippen LogP contribution is -2.59. The van der Waals surface area contributed by atoms with E-state index in [0.717, 1.165) is 5.56 Å². The summed E-state index contributed by atoms with van der Waals surface area (Å²) in [5.74, 6) is -0.284. The van der Waals surface area contributed by atoms with Crippen molar-refractivity contribution in [1.29, 1.82) is 0 Å². The van der Waals surface area contributed by atoms with Crippen molar-refractivity contribution in [2.75, 3.05) is 26.8 Å². The summed E-state index contributed by atoms with van der Waals surface area (Å²) < 4.78 is 11.6. The third-order valence-corrected chi connectivity index (χ3v) is 8.15. The van der Waals surface area contributed by atoms with E-state index in [1.54, 1.807) is 52.3 Å². The molecule has 40 heavy (non-hydrogen) atoms. The second-order valence-corrected chi connectivity index (χ2v) is 10.6. The Labute approximate surface area is 242 Å². The molecule has 2 fully saturated rings. The molecule has 0 aliphatic carbocycles. The van der Waals surface area contributed by atoms with Crippen LogP contribution in [0.5, 0.6) is 5.75 Å². The van der Waals surface area contributed by atoms with Gasteiger partial charge in [0.25, 0.3) is 11.8 Å². The molecule has 3 aromatic carbocycles. The minimum atomic E-state index is -1.04. The Balaban J connectivity index is 1.37. The van der Waals surface area contributed by atoms with Crippen LogP contribution in [0.15, 0.2) is 72.8 Å². The van der Waals surface area contributed by atoms with Crippen LogP contribution in [-0.2, 0) is 16.1 Å². The summed E-state index contributed by atoms with van der Waals surface area (Å²) in [5.41, 5.74) is 0.729. The maximum absolute atomic E-state index is 14.0. The van der Waals surface area contributed by atoms with Crippen LogP contribution >= 0.6 is 23.2 Å². The van der Waals surface area contributed by atoms with Gasteiger partial charge in [0.15, 0.2) is 0 Å². The minimum Gasteiger partial charge on any atom is -0.497 e. The van der Waals surface area contributed by atoms with Crippen LogP contribution in [0.1, 0.15) is 39.1 Å². The summed E-state index contributed by atoms with van der Waals surface area (Å²) >= 11 is 12.1. The lowest BCUT2D eigenvalue weighted by molar-refractivity contribution is -0.128. The molecule has 8 nitrogen and oxygen atoms in total. The highest BCUT2D eigenvalue weighted by atomic mass is 35.5. The topological polar surface area (TPSA) is 88.2 Å². The number of nitrogens with one attached hydrogen (secondary N) is 1. The summed E-state index contributed by atoms with van der Waals surface area (Å²) in [5, 5.41) is 3.63. The average molecular weight is 582 g/mol. The standard InChI is InChI=1S/C30H29Cl2N3O5/c1-39-23-9-5-8-21(16-23)29(38)35-26(27(36)33-18-20-6-3-2-4-7-20)19-40-30(35)12-14-34(15-13-30)28(37)22-10-11-24(31)25(32)17-22/h2-11,16-17,26H,12-15,18-19H2,1H3,(H,33,36)/t26-/m1/s1. The van der Waals surface area contributed by atoms with E-state index in [2.05, 4.69) is 5.32 Å². The van der Waals surface area contributed by atoms with Gasteiger partial charge in [-0.1, -0.05) is 59.6 Å². The summed E-state index contributed by atoms with van der Waals surface area (Å²) in [7, 11) is 1.53. The predicted molar refractivity (Wildman–Crippen MR) is 152 cm³/mol. The molecule has 10 heteroatoms. The summed E-state index contributed by atoms with van der Waals surface area (Å²) in [6.07, 6.45) is 0.691.